The molecule has 0 aromatic rings. The second kappa shape index (κ2) is 4.15. The van der Waals surface area contributed by atoms with E-state index in [1.807, 2.05) is 0 Å². The van der Waals surface area contributed by atoms with Gasteiger partial charge in [-0.05, 0) is 56.3 Å². The van der Waals surface area contributed by atoms with Crippen LogP contribution < -0.4 is 0 Å². The van der Waals surface area contributed by atoms with Gasteiger partial charge >= 0.3 is 5.97 Å². The number of carboxylic acid groups (broad SMARTS) is 1. The van der Waals surface area contributed by atoms with Crippen molar-refractivity contribution in [3.05, 3.63) is 0 Å². The van der Waals surface area contributed by atoms with Crippen LogP contribution in [0.5, 0.6) is 0 Å². The van der Waals surface area contributed by atoms with E-state index < -0.39 is 5.97 Å². The van der Waals surface area contributed by atoms with E-state index in [2.05, 4.69) is 4.99 Å². The fourth-order valence-corrected chi connectivity index (χ4v) is 4.42. The van der Waals surface area contributed by atoms with Crippen LogP contribution in [0.15, 0.2) is 4.99 Å². The molecule has 0 heterocycles. The van der Waals surface area contributed by atoms with Crippen molar-refractivity contribution in [2.75, 3.05) is 0 Å². The number of nitrogens with zero attached hydrogens (tertiary/aromatic N) is 1. The van der Waals surface area contributed by atoms with Gasteiger partial charge in [-0.25, -0.2) is 4.79 Å². The average molecular weight is 271 g/mol. The summed E-state index contributed by atoms with van der Waals surface area (Å²) in [6, 6.07) is 0. The predicted octanol–water partition coefficient (Wildman–Crippen LogP) is 2.11. The Bertz CT molecular complexity index is 292. The average Bonchev–Trinajstić information content (AvgIpc) is 2.12. The first-order chi connectivity index (χ1) is 7.15. The second-order valence-electron chi connectivity index (χ2n) is 5.74. The van der Waals surface area contributed by atoms with E-state index >= 15 is 0 Å². The van der Waals surface area contributed by atoms with Crippen LogP contribution in [0.25, 0.3) is 0 Å². The van der Waals surface area contributed by atoms with Crippen LogP contribution in [0.4, 0.5) is 0 Å². The van der Waals surface area contributed by atoms with Crippen molar-refractivity contribution in [3.8, 4) is 0 Å². The van der Waals surface area contributed by atoms with Gasteiger partial charge in [0, 0.05) is 17.1 Å². The molecule has 93 valence electrons. The molecule has 0 amide bonds. The summed E-state index contributed by atoms with van der Waals surface area (Å²) in [5.74, 6) is 1.61. The maximum absolute atomic E-state index is 10.5. The topological polar surface area (TPSA) is 49.7 Å². The molecule has 4 heteroatoms. The Kier molecular flexibility index (Phi) is 3.15. The first kappa shape index (κ1) is 12.1. The second-order valence-corrected chi connectivity index (χ2v) is 5.74. The van der Waals surface area contributed by atoms with Crippen LogP contribution in [0.3, 0.4) is 0 Å². The van der Waals surface area contributed by atoms with Gasteiger partial charge in [0.15, 0.2) is 0 Å². The van der Waals surface area contributed by atoms with Crippen LogP contribution in [0, 0.1) is 17.8 Å². The summed E-state index contributed by atoms with van der Waals surface area (Å²) in [7, 11) is 0. The third kappa shape index (κ3) is 2.05. The summed E-state index contributed by atoms with van der Waals surface area (Å²) in [6.45, 7) is 0. The molecule has 0 aliphatic heterocycles. The summed E-state index contributed by atoms with van der Waals surface area (Å²) in [6.07, 6.45) is 8.69. The molecule has 4 rings (SSSR count). The molecule has 3 nitrogen and oxygen atoms in total. The molecule has 0 aromatic carbocycles. The minimum absolute atomic E-state index is 0. The fraction of sp³-hybridized carbons (Fsp3) is 0.833. The number of hydrogen-bond acceptors (Lipinski definition) is 2. The summed E-state index contributed by atoms with van der Waals surface area (Å²) < 4.78 is 0. The zero-order valence-electron chi connectivity index (χ0n) is 9.16. The van der Waals surface area contributed by atoms with Crippen molar-refractivity contribution in [3.63, 3.8) is 0 Å². The van der Waals surface area contributed by atoms with Crippen molar-refractivity contribution < 1.29 is 27.0 Å². The molecule has 0 atom stereocenters. The van der Waals surface area contributed by atoms with Crippen molar-refractivity contribution in [1.29, 1.82) is 0 Å². The van der Waals surface area contributed by atoms with Gasteiger partial charge in [-0.3, -0.25) is 4.99 Å². The molecule has 4 saturated carbocycles. The number of carbonyl (C=O) groups is 1. The molecule has 4 aliphatic carbocycles. The van der Waals surface area contributed by atoms with Gasteiger partial charge in [-0.2, -0.15) is 0 Å². The smallest absolute Gasteiger partial charge is 0.346 e. The monoisotopic (exact) mass is 270 g/mol. The molecular weight excluding hydrogens is 254 g/mol. The van der Waals surface area contributed by atoms with E-state index in [9.17, 15) is 4.79 Å². The predicted molar refractivity (Wildman–Crippen MR) is 57.0 cm³/mol. The Balaban J connectivity index is 0.000000963. The number of aliphatic carboxylic acids is 1. The van der Waals surface area contributed by atoms with E-state index in [-0.39, 0.29) is 22.6 Å². The molecule has 1 N–H and O–H groups in total. The molecule has 4 fully saturated rings. The number of aliphatic imine (C=N–C) groups is 1. The quantitative estimate of drug-likeness (QED) is 0.617. The Morgan fingerprint density at radius 2 is 1.56 bits per heavy atom. The largest absolute Gasteiger partial charge is 0.477 e. The fourth-order valence-electron chi connectivity index (χ4n) is 4.42. The molecule has 0 spiro atoms. The van der Waals surface area contributed by atoms with Gasteiger partial charge in [0.1, 0.15) is 6.21 Å². The standard InChI is InChI=1S/C12H17NO2.Cu/c14-11(15)7-13-12-4-8-1-9(5-12)3-10(2-8)6-12;/h7-10H,1-6H2,(H,14,15);/b13-7+;. The maximum atomic E-state index is 10.5. The maximum Gasteiger partial charge on any atom is 0.346 e. The van der Waals surface area contributed by atoms with Crippen LogP contribution in [-0.4, -0.2) is 22.8 Å². The van der Waals surface area contributed by atoms with Crippen molar-refractivity contribution in [2.24, 2.45) is 22.7 Å². The van der Waals surface area contributed by atoms with Crippen LogP contribution in [0.2, 0.25) is 0 Å². The summed E-state index contributed by atoms with van der Waals surface area (Å²) in [5, 5.41) is 8.67. The van der Waals surface area contributed by atoms with Gasteiger partial charge in [0.05, 0.1) is 5.54 Å². The summed E-state index contributed by atoms with van der Waals surface area (Å²) in [5.41, 5.74) is 0.0210. The molecular formula is C12H17CuNO2. The normalized spacial score (nSPS) is 44.6. The Morgan fingerprint density at radius 3 is 1.94 bits per heavy atom. The van der Waals surface area contributed by atoms with E-state index in [1.165, 1.54) is 19.3 Å². The molecule has 0 saturated heterocycles. The zero-order valence-corrected chi connectivity index (χ0v) is 10.1. The van der Waals surface area contributed by atoms with Crippen molar-refractivity contribution in [2.45, 2.75) is 44.1 Å². The van der Waals surface area contributed by atoms with Gasteiger partial charge in [0.2, 0.25) is 0 Å². The summed E-state index contributed by atoms with van der Waals surface area (Å²) >= 11 is 0. The van der Waals surface area contributed by atoms with Crippen molar-refractivity contribution in [1.82, 2.24) is 0 Å². The number of rotatable bonds is 2. The minimum Gasteiger partial charge on any atom is -0.477 e. The number of hydrogen-bond donors (Lipinski definition) is 1. The van der Waals surface area contributed by atoms with Gasteiger partial charge in [0.25, 0.3) is 0 Å². The zero-order chi connectivity index (χ0) is 10.5. The third-order valence-electron chi connectivity index (χ3n) is 4.45. The Labute approximate surface area is 106 Å². The Morgan fingerprint density at radius 1 is 1.12 bits per heavy atom. The van der Waals surface area contributed by atoms with Crippen LogP contribution in [0.1, 0.15) is 38.5 Å². The third-order valence-corrected chi connectivity index (χ3v) is 4.45. The molecule has 0 aromatic heterocycles. The first-order valence-electron chi connectivity index (χ1n) is 5.93. The van der Waals surface area contributed by atoms with Gasteiger partial charge in [-0.15, -0.1) is 0 Å². The first-order valence-corrected chi connectivity index (χ1v) is 5.93. The molecule has 0 unspecified atom stereocenters. The SMILES string of the molecule is O=C(O)/C=N/C12CC3CC(CC(C3)C1)C2.[Cu]. The van der Waals surface area contributed by atoms with Crippen LogP contribution in [-0.2, 0) is 21.9 Å². The molecule has 1 radical (unpaired) electrons. The van der Waals surface area contributed by atoms with Crippen molar-refractivity contribution >= 4 is 12.2 Å². The van der Waals surface area contributed by atoms with E-state index in [0.717, 1.165) is 43.2 Å². The summed E-state index contributed by atoms with van der Waals surface area (Å²) in [4.78, 5) is 14.9. The molecule has 16 heavy (non-hydrogen) atoms. The molecule has 4 bridgehead atoms. The van der Waals surface area contributed by atoms with E-state index in [1.54, 1.807) is 0 Å². The Hall–Kier alpha value is -0.341. The van der Waals surface area contributed by atoms with E-state index in [4.69, 9.17) is 5.11 Å². The van der Waals surface area contributed by atoms with Gasteiger partial charge < -0.3 is 5.11 Å². The number of carboxylic acids is 1. The minimum atomic E-state index is -0.897. The molecule has 4 aliphatic rings. The van der Waals surface area contributed by atoms with E-state index in [0.29, 0.717) is 0 Å². The van der Waals surface area contributed by atoms with Crippen LogP contribution >= 0.6 is 0 Å². The van der Waals surface area contributed by atoms with Gasteiger partial charge in [-0.1, -0.05) is 0 Å².